The van der Waals surface area contributed by atoms with Crippen LogP contribution in [0.15, 0.2) is 24.3 Å². The van der Waals surface area contributed by atoms with Gasteiger partial charge in [-0.15, -0.1) is 29.6 Å². The van der Waals surface area contributed by atoms with Crippen LogP contribution in [-0.2, 0) is 0 Å². The zero-order chi connectivity index (χ0) is 14.7. The van der Waals surface area contributed by atoms with E-state index in [2.05, 4.69) is 28.8 Å². The Balaban J connectivity index is 3.92. The number of hydrogen-bond acceptors (Lipinski definition) is 1. The Labute approximate surface area is 135 Å². The monoisotopic (exact) mass is 366 g/mol. The van der Waals surface area contributed by atoms with Gasteiger partial charge in [0.05, 0.1) is 11.5 Å². The van der Waals surface area contributed by atoms with E-state index in [-0.39, 0.29) is 10.8 Å². The third-order valence-electron chi connectivity index (χ3n) is 2.68. The van der Waals surface area contributed by atoms with E-state index in [1.165, 1.54) is 0 Å². The van der Waals surface area contributed by atoms with Crippen LogP contribution in [0.25, 0.3) is 0 Å². The van der Waals surface area contributed by atoms with E-state index in [0.29, 0.717) is 17.7 Å². The van der Waals surface area contributed by atoms with Crippen LogP contribution in [0.3, 0.4) is 0 Å². The topological polar surface area (TPSA) is 20.2 Å². The molecule has 0 saturated heterocycles. The molecule has 0 bridgehead atoms. The number of allylic oxidation sites excluding steroid dienone is 3. The van der Waals surface area contributed by atoms with Crippen LogP contribution in [0.5, 0.6) is 0 Å². The van der Waals surface area contributed by atoms with Gasteiger partial charge in [0, 0.05) is 10.2 Å². The molecule has 0 saturated carbocycles. The molecule has 0 aromatic carbocycles. The number of aliphatic hydroxyl groups excluding tert-OH is 1. The summed E-state index contributed by atoms with van der Waals surface area (Å²) < 4.78 is 0. The van der Waals surface area contributed by atoms with Crippen LogP contribution < -0.4 is 0 Å². The highest BCUT2D eigenvalue weighted by molar-refractivity contribution is 9.09. The van der Waals surface area contributed by atoms with Crippen LogP contribution in [0.1, 0.15) is 32.6 Å². The Bertz CT molecular complexity index is 323. The number of aliphatic hydroxyl groups is 1. The quantitative estimate of drug-likeness (QED) is 0.357. The summed E-state index contributed by atoms with van der Waals surface area (Å²) in [5.74, 6) is 2.37. The zero-order valence-corrected chi connectivity index (χ0v) is 14.2. The molecule has 0 spiro atoms. The van der Waals surface area contributed by atoms with Crippen LogP contribution in [0.2, 0.25) is 0 Å². The third kappa shape index (κ3) is 9.57. The van der Waals surface area contributed by atoms with E-state index in [1.54, 1.807) is 12.2 Å². The van der Waals surface area contributed by atoms with Crippen molar-refractivity contribution in [3.63, 3.8) is 0 Å². The van der Waals surface area contributed by atoms with Gasteiger partial charge in [-0.25, -0.2) is 0 Å². The summed E-state index contributed by atoms with van der Waals surface area (Å²) in [7, 11) is 0. The molecule has 0 aromatic heterocycles. The average Bonchev–Trinajstić information content (AvgIpc) is 2.42. The molecular weight excluding hydrogens is 347 g/mol. The maximum atomic E-state index is 9.76. The van der Waals surface area contributed by atoms with Crippen molar-refractivity contribution in [3.8, 4) is 12.3 Å². The fraction of sp³-hybridized carbons (Fsp3) is 0.600. The largest absolute Gasteiger partial charge is 0.391 e. The minimum absolute atomic E-state index is 0.0820. The van der Waals surface area contributed by atoms with Gasteiger partial charge >= 0.3 is 0 Å². The highest BCUT2D eigenvalue weighted by Gasteiger charge is 2.14. The van der Waals surface area contributed by atoms with Gasteiger partial charge in [0.1, 0.15) is 0 Å². The van der Waals surface area contributed by atoms with Crippen molar-refractivity contribution >= 4 is 39.1 Å². The summed E-state index contributed by atoms with van der Waals surface area (Å²) in [5.41, 5.74) is 0. The second kappa shape index (κ2) is 11.9. The fourth-order valence-corrected chi connectivity index (χ4v) is 2.14. The highest BCUT2D eigenvalue weighted by atomic mass is 79.9. The van der Waals surface area contributed by atoms with E-state index in [0.717, 1.165) is 12.8 Å². The molecule has 0 heterocycles. The number of halogens is 3. The Morgan fingerprint density at radius 2 is 1.74 bits per heavy atom. The molecule has 0 aromatic rings. The normalized spacial score (nSPS) is 18.3. The van der Waals surface area contributed by atoms with Crippen molar-refractivity contribution in [1.29, 1.82) is 0 Å². The molecular formula is C15H21BrCl2O. The summed E-state index contributed by atoms with van der Waals surface area (Å²) >= 11 is 15.8. The molecule has 108 valence electrons. The lowest BCUT2D eigenvalue weighted by Crippen LogP contribution is -2.19. The van der Waals surface area contributed by atoms with Gasteiger partial charge in [0.25, 0.3) is 0 Å². The van der Waals surface area contributed by atoms with Crippen molar-refractivity contribution in [3.05, 3.63) is 24.3 Å². The summed E-state index contributed by atoms with van der Waals surface area (Å²) in [6.07, 6.45) is 14.7. The second-order valence-electron chi connectivity index (χ2n) is 4.27. The van der Waals surface area contributed by atoms with Gasteiger partial charge in [-0.1, -0.05) is 47.0 Å². The van der Waals surface area contributed by atoms with E-state index in [1.807, 2.05) is 12.2 Å². The van der Waals surface area contributed by atoms with Crippen molar-refractivity contribution in [2.24, 2.45) is 0 Å². The molecule has 4 heteroatoms. The SMILES string of the molecule is C#C/C=C\C[C@@H](O)[C@@H](Cl)C/C=C\C[C@@H](Cl)[C@@H](Br)CC. The maximum absolute atomic E-state index is 9.76. The predicted octanol–water partition coefficient (Wildman–Crippen LogP) is 4.65. The first-order chi connectivity index (χ1) is 9.02. The van der Waals surface area contributed by atoms with Crippen molar-refractivity contribution in [1.82, 2.24) is 0 Å². The van der Waals surface area contributed by atoms with Crippen molar-refractivity contribution in [2.75, 3.05) is 0 Å². The molecule has 4 atom stereocenters. The van der Waals surface area contributed by atoms with Gasteiger partial charge < -0.3 is 5.11 Å². The first-order valence-corrected chi connectivity index (χ1v) is 8.18. The Hall–Kier alpha value is 0.0600. The minimum Gasteiger partial charge on any atom is -0.391 e. The lowest BCUT2D eigenvalue weighted by molar-refractivity contribution is 0.172. The average molecular weight is 368 g/mol. The molecule has 0 aliphatic heterocycles. The van der Waals surface area contributed by atoms with Crippen molar-refractivity contribution < 1.29 is 5.11 Å². The van der Waals surface area contributed by atoms with E-state index < -0.39 is 6.10 Å². The minimum atomic E-state index is -0.581. The lowest BCUT2D eigenvalue weighted by atomic mass is 10.1. The Morgan fingerprint density at radius 3 is 2.26 bits per heavy atom. The molecule has 0 rings (SSSR count). The van der Waals surface area contributed by atoms with Crippen molar-refractivity contribution in [2.45, 2.75) is 54.3 Å². The number of rotatable bonds is 9. The molecule has 0 radical (unpaired) electrons. The first kappa shape index (κ1) is 19.1. The van der Waals surface area contributed by atoms with E-state index in [9.17, 15) is 5.11 Å². The summed E-state index contributed by atoms with van der Waals surface area (Å²) in [5, 5.41) is 9.53. The molecule has 0 aliphatic carbocycles. The zero-order valence-electron chi connectivity index (χ0n) is 11.1. The van der Waals surface area contributed by atoms with Crippen LogP contribution in [0.4, 0.5) is 0 Å². The third-order valence-corrected chi connectivity index (χ3v) is 5.22. The number of alkyl halides is 3. The fourth-order valence-electron chi connectivity index (χ4n) is 1.44. The lowest BCUT2D eigenvalue weighted by Gasteiger charge is -2.14. The smallest absolute Gasteiger partial charge is 0.0741 e. The van der Waals surface area contributed by atoms with Gasteiger partial charge in [-0.05, 0) is 31.8 Å². The molecule has 0 amide bonds. The van der Waals surface area contributed by atoms with Gasteiger partial charge in [0.15, 0.2) is 0 Å². The standard InChI is InChI=1S/C15H21BrCl2O/c1-3-5-6-11-15(19)14(18)10-8-7-9-13(17)12(16)4-2/h1,5-8,12-15,19H,4,9-11H2,2H3/b6-5-,8-7-/t12-,13+,14-,15+/m0/s1. The first-order valence-electron chi connectivity index (χ1n) is 6.39. The van der Waals surface area contributed by atoms with Crippen LogP contribution in [0, 0.1) is 12.3 Å². The number of terminal acetylenes is 1. The van der Waals surface area contributed by atoms with E-state index >= 15 is 0 Å². The number of hydrogen-bond donors (Lipinski definition) is 1. The maximum Gasteiger partial charge on any atom is 0.0741 e. The Morgan fingerprint density at radius 1 is 1.16 bits per heavy atom. The van der Waals surface area contributed by atoms with Crippen LogP contribution >= 0.6 is 39.1 Å². The molecule has 0 fully saturated rings. The summed E-state index contributed by atoms with van der Waals surface area (Å²) in [4.78, 5) is 0.324. The summed E-state index contributed by atoms with van der Waals surface area (Å²) in [6, 6.07) is 0. The highest BCUT2D eigenvalue weighted by Crippen LogP contribution is 2.19. The molecule has 1 N–H and O–H groups in total. The van der Waals surface area contributed by atoms with Crippen LogP contribution in [-0.4, -0.2) is 26.8 Å². The molecule has 0 unspecified atom stereocenters. The summed E-state index contributed by atoms with van der Waals surface area (Å²) in [6.45, 7) is 2.09. The molecule has 19 heavy (non-hydrogen) atoms. The van der Waals surface area contributed by atoms with Gasteiger partial charge in [0.2, 0.25) is 0 Å². The Kier molecular flexibility index (Phi) is 11.9. The molecule has 0 aliphatic rings. The predicted molar refractivity (Wildman–Crippen MR) is 89.3 cm³/mol. The molecule has 1 nitrogen and oxygen atoms in total. The van der Waals surface area contributed by atoms with Gasteiger partial charge in [-0.3, -0.25) is 0 Å². The second-order valence-corrected chi connectivity index (χ2v) is 6.57. The van der Waals surface area contributed by atoms with Gasteiger partial charge in [-0.2, -0.15) is 0 Å². The van der Waals surface area contributed by atoms with E-state index in [4.69, 9.17) is 29.6 Å².